The second-order valence-electron chi connectivity index (χ2n) is 1.86. The first-order valence-corrected chi connectivity index (χ1v) is 4.28. The lowest BCUT2D eigenvalue weighted by Gasteiger charge is -1.96. The van der Waals surface area contributed by atoms with Gasteiger partial charge in [-0.25, -0.2) is 4.39 Å². The molecule has 0 N–H and O–H groups in total. The summed E-state index contributed by atoms with van der Waals surface area (Å²) in [6, 6.07) is 4.54. The molecule has 0 radical (unpaired) electrons. The minimum atomic E-state index is -0.426. The van der Waals surface area contributed by atoms with Gasteiger partial charge in [0.15, 0.2) is 0 Å². The average Bonchev–Trinajstić information content (AvgIpc) is 1.97. The van der Waals surface area contributed by atoms with Crippen LogP contribution in [0, 0.1) is 17.1 Å². The van der Waals surface area contributed by atoms with Crippen molar-refractivity contribution in [3.63, 3.8) is 0 Å². The van der Waals surface area contributed by atoms with E-state index in [1.54, 1.807) is 0 Å². The van der Waals surface area contributed by atoms with Crippen molar-refractivity contribution in [1.82, 2.24) is 0 Å². The van der Waals surface area contributed by atoms with Gasteiger partial charge in [-0.2, -0.15) is 5.26 Å². The van der Waals surface area contributed by atoms with Crippen LogP contribution in [0.3, 0.4) is 0 Å². The van der Waals surface area contributed by atoms with Crippen LogP contribution in [0.25, 0.3) is 0 Å². The van der Waals surface area contributed by atoms with Crippen molar-refractivity contribution in [2.75, 3.05) is 0 Å². The molecule has 0 heterocycles. The minimum absolute atomic E-state index is 0.297. The molecule has 0 aliphatic carbocycles. The van der Waals surface area contributed by atoms with Gasteiger partial charge in [-0.15, -0.1) is 0 Å². The minimum Gasteiger partial charge on any atom is -0.206 e. The van der Waals surface area contributed by atoms with Crippen LogP contribution in [-0.2, 0) is 0 Å². The predicted octanol–water partition coefficient (Wildman–Crippen LogP) is 3.22. The summed E-state index contributed by atoms with van der Waals surface area (Å²) in [5.41, 5.74) is 0.297. The molecule has 0 saturated heterocycles. The van der Waals surface area contributed by atoms with Crippen molar-refractivity contribution in [3.05, 3.63) is 32.5 Å². The van der Waals surface area contributed by atoms with Gasteiger partial charge in [0.1, 0.15) is 11.9 Å². The van der Waals surface area contributed by atoms with Gasteiger partial charge in [-0.05, 0) is 44.0 Å². The number of nitrogens with zero attached hydrogens (tertiary/aromatic N) is 1. The number of rotatable bonds is 0. The van der Waals surface area contributed by atoms with E-state index in [-0.39, 0.29) is 0 Å². The SMILES string of the molecule is N#Cc1cc(F)c(Br)cc1Br. The average molecular weight is 279 g/mol. The summed E-state index contributed by atoms with van der Waals surface area (Å²) in [6.45, 7) is 0. The first kappa shape index (κ1) is 8.69. The van der Waals surface area contributed by atoms with Gasteiger partial charge in [0.2, 0.25) is 0 Å². The first-order chi connectivity index (χ1) is 5.15. The van der Waals surface area contributed by atoms with Crippen LogP contribution in [0.2, 0.25) is 0 Å². The highest BCUT2D eigenvalue weighted by Crippen LogP contribution is 2.24. The molecule has 0 atom stereocenters. The van der Waals surface area contributed by atoms with E-state index in [1.807, 2.05) is 6.07 Å². The van der Waals surface area contributed by atoms with E-state index in [1.165, 1.54) is 12.1 Å². The summed E-state index contributed by atoms with van der Waals surface area (Å²) >= 11 is 6.12. The summed E-state index contributed by atoms with van der Waals surface area (Å²) in [6.07, 6.45) is 0. The van der Waals surface area contributed by atoms with E-state index in [4.69, 9.17) is 5.26 Å². The first-order valence-electron chi connectivity index (χ1n) is 2.70. The maximum absolute atomic E-state index is 12.7. The molecule has 0 saturated carbocycles. The summed E-state index contributed by atoms with van der Waals surface area (Å²) in [5.74, 6) is -0.426. The number of hydrogen-bond donors (Lipinski definition) is 0. The molecule has 0 bridgehead atoms. The third-order valence-corrected chi connectivity index (χ3v) is 2.39. The highest BCUT2D eigenvalue weighted by atomic mass is 79.9. The standard InChI is InChI=1S/C7H2Br2FN/c8-5-2-6(9)7(10)1-4(5)3-11/h1-2H. The topological polar surface area (TPSA) is 23.8 Å². The fraction of sp³-hybridized carbons (Fsp3) is 0. The van der Waals surface area contributed by atoms with Gasteiger partial charge >= 0.3 is 0 Å². The quantitative estimate of drug-likeness (QED) is 0.669. The molecule has 1 rings (SSSR count). The molecule has 0 unspecified atom stereocenters. The van der Waals surface area contributed by atoms with Crippen molar-refractivity contribution in [2.45, 2.75) is 0 Å². The van der Waals surface area contributed by atoms with Crippen LogP contribution in [0.15, 0.2) is 21.1 Å². The van der Waals surface area contributed by atoms with Crippen LogP contribution < -0.4 is 0 Å². The molecular weight excluding hydrogens is 277 g/mol. The van der Waals surface area contributed by atoms with E-state index in [9.17, 15) is 4.39 Å². The molecule has 1 nitrogen and oxygen atoms in total. The van der Waals surface area contributed by atoms with E-state index in [0.29, 0.717) is 14.5 Å². The fourth-order valence-corrected chi connectivity index (χ4v) is 1.69. The van der Waals surface area contributed by atoms with Gasteiger partial charge in [0, 0.05) is 4.47 Å². The Balaban J connectivity index is 3.35. The zero-order valence-electron chi connectivity index (χ0n) is 5.24. The molecule has 0 aromatic heterocycles. The van der Waals surface area contributed by atoms with Crippen molar-refractivity contribution in [3.8, 4) is 6.07 Å². The third kappa shape index (κ3) is 1.79. The zero-order valence-corrected chi connectivity index (χ0v) is 8.41. The van der Waals surface area contributed by atoms with Crippen LogP contribution in [-0.4, -0.2) is 0 Å². The number of hydrogen-bond acceptors (Lipinski definition) is 1. The van der Waals surface area contributed by atoms with Gasteiger partial charge in [-0.1, -0.05) is 0 Å². The highest BCUT2D eigenvalue weighted by Gasteiger charge is 2.04. The fourth-order valence-electron chi connectivity index (χ4n) is 0.608. The van der Waals surface area contributed by atoms with E-state index >= 15 is 0 Å². The van der Waals surface area contributed by atoms with E-state index in [2.05, 4.69) is 31.9 Å². The molecule has 1 aromatic carbocycles. The molecule has 4 heteroatoms. The zero-order chi connectivity index (χ0) is 8.43. The Kier molecular flexibility index (Phi) is 2.63. The van der Waals surface area contributed by atoms with Crippen molar-refractivity contribution >= 4 is 31.9 Å². The Bertz CT molecular complexity index is 330. The molecule has 0 spiro atoms. The van der Waals surface area contributed by atoms with Gasteiger partial charge in [0.25, 0.3) is 0 Å². The van der Waals surface area contributed by atoms with E-state index < -0.39 is 5.82 Å². The normalized spacial score (nSPS) is 9.27. The van der Waals surface area contributed by atoms with Crippen molar-refractivity contribution in [2.24, 2.45) is 0 Å². The van der Waals surface area contributed by atoms with Gasteiger partial charge in [-0.3, -0.25) is 0 Å². The Labute approximate surface area is 80.1 Å². The predicted molar refractivity (Wildman–Crippen MR) is 46.5 cm³/mol. The molecule has 56 valence electrons. The van der Waals surface area contributed by atoms with Gasteiger partial charge < -0.3 is 0 Å². The Morgan fingerprint density at radius 3 is 2.45 bits per heavy atom. The number of halogens is 3. The van der Waals surface area contributed by atoms with Crippen LogP contribution in [0.4, 0.5) is 4.39 Å². The molecule has 0 amide bonds. The second-order valence-corrected chi connectivity index (χ2v) is 3.57. The molecule has 0 aliphatic rings. The van der Waals surface area contributed by atoms with Crippen LogP contribution in [0.5, 0.6) is 0 Å². The van der Waals surface area contributed by atoms with Crippen LogP contribution in [0.1, 0.15) is 5.56 Å². The lowest BCUT2D eigenvalue weighted by Crippen LogP contribution is -1.82. The molecular formula is C7H2Br2FN. The highest BCUT2D eigenvalue weighted by molar-refractivity contribution is 9.11. The maximum atomic E-state index is 12.7. The van der Waals surface area contributed by atoms with Crippen molar-refractivity contribution in [1.29, 1.82) is 5.26 Å². The molecule has 1 aromatic rings. The smallest absolute Gasteiger partial charge is 0.138 e. The monoisotopic (exact) mass is 277 g/mol. The molecule has 0 fully saturated rings. The lowest BCUT2D eigenvalue weighted by molar-refractivity contribution is 0.620. The third-order valence-electron chi connectivity index (χ3n) is 1.13. The number of nitriles is 1. The Morgan fingerprint density at radius 2 is 1.91 bits per heavy atom. The summed E-state index contributed by atoms with van der Waals surface area (Å²) in [4.78, 5) is 0. The van der Waals surface area contributed by atoms with E-state index in [0.717, 1.165) is 0 Å². The largest absolute Gasteiger partial charge is 0.206 e. The summed E-state index contributed by atoms with van der Waals surface area (Å²) in [7, 11) is 0. The van der Waals surface area contributed by atoms with Gasteiger partial charge in [0.05, 0.1) is 10.0 Å². The summed E-state index contributed by atoms with van der Waals surface area (Å²) in [5, 5.41) is 8.47. The maximum Gasteiger partial charge on any atom is 0.138 e. The number of benzene rings is 1. The van der Waals surface area contributed by atoms with Crippen molar-refractivity contribution < 1.29 is 4.39 Å². The van der Waals surface area contributed by atoms with Crippen LogP contribution >= 0.6 is 31.9 Å². The Hall–Kier alpha value is -0.400. The molecule has 0 aliphatic heterocycles. The molecule has 11 heavy (non-hydrogen) atoms. The Morgan fingerprint density at radius 1 is 1.27 bits per heavy atom. The second kappa shape index (κ2) is 3.33. The summed E-state index contributed by atoms with van der Waals surface area (Å²) < 4.78 is 13.7. The lowest BCUT2D eigenvalue weighted by atomic mass is 10.2.